The number of carbonyl (C=O) groups is 1. The van der Waals surface area contributed by atoms with E-state index in [0.29, 0.717) is 45.9 Å². The molecule has 1 saturated heterocycles. The smallest absolute Gasteiger partial charge is 0.237 e. The van der Waals surface area contributed by atoms with Crippen LogP contribution in [0.1, 0.15) is 63.3 Å². The number of ether oxygens (including phenoxy) is 4. The number of hydrogen-bond donors (Lipinski definition) is 0. The molecule has 2 aromatic rings. The van der Waals surface area contributed by atoms with Crippen molar-refractivity contribution in [2.75, 3.05) is 52.6 Å². The second-order valence-corrected chi connectivity index (χ2v) is 9.55. The summed E-state index contributed by atoms with van der Waals surface area (Å²) in [6.45, 7) is 13.4. The third kappa shape index (κ3) is 6.50. The highest BCUT2D eigenvalue weighted by atomic mass is 16.5. The number of rotatable bonds is 12. The first-order valence-corrected chi connectivity index (χ1v) is 13.9. The van der Waals surface area contributed by atoms with Gasteiger partial charge in [0, 0.05) is 6.54 Å². The van der Waals surface area contributed by atoms with Crippen LogP contribution < -0.4 is 18.9 Å². The van der Waals surface area contributed by atoms with Crippen molar-refractivity contribution < 1.29 is 23.7 Å². The van der Waals surface area contributed by atoms with Crippen LogP contribution in [-0.4, -0.2) is 68.3 Å². The molecule has 2 aliphatic rings. The fourth-order valence-corrected chi connectivity index (χ4v) is 5.43. The summed E-state index contributed by atoms with van der Waals surface area (Å²) in [4.78, 5) is 18.0. The largest absolute Gasteiger partial charge is 0.490 e. The van der Waals surface area contributed by atoms with E-state index >= 15 is 0 Å². The predicted octanol–water partition coefficient (Wildman–Crippen LogP) is 5.05. The maximum absolute atomic E-state index is 13.6. The molecule has 7 heteroatoms. The summed E-state index contributed by atoms with van der Waals surface area (Å²) in [5.74, 6) is 3.20. The maximum Gasteiger partial charge on any atom is 0.237 e. The first-order valence-electron chi connectivity index (χ1n) is 13.9. The van der Waals surface area contributed by atoms with Crippen molar-refractivity contribution in [1.82, 2.24) is 9.80 Å². The summed E-state index contributed by atoms with van der Waals surface area (Å²) >= 11 is 0. The monoisotopic (exact) mass is 510 g/mol. The number of hydrogen-bond acceptors (Lipinski definition) is 6. The molecule has 0 spiro atoms. The van der Waals surface area contributed by atoms with E-state index in [0.717, 1.165) is 53.6 Å². The van der Waals surface area contributed by atoms with Crippen LogP contribution in [0.3, 0.4) is 0 Å². The van der Waals surface area contributed by atoms with Crippen LogP contribution in [0.25, 0.3) is 0 Å². The minimum atomic E-state index is -0.0962. The summed E-state index contributed by atoms with van der Waals surface area (Å²) in [6.07, 6.45) is 3.83. The lowest BCUT2D eigenvalue weighted by Gasteiger charge is -2.39. The molecular formula is C30H42N2O5. The van der Waals surface area contributed by atoms with Gasteiger partial charge >= 0.3 is 0 Å². The van der Waals surface area contributed by atoms with Crippen molar-refractivity contribution in [1.29, 1.82) is 0 Å². The second-order valence-electron chi connectivity index (χ2n) is 9.55. The molecule has 2 aromatic carbocycles. The molecule has 0 unspecified atom stereocenters. The van der Waals surface area contributed by atoms with Gasteiger partial charge in [-0.1, -0.05) is 6.07 Å². The average molecular weight is 511 g/mol. The van der Waals surface area contributed by atoms with Crippen molar-refractivity contribution in [2.24, 2.45) is 0 Å². The summed E-state index contributed by atoms with van der Waals surface area (Å²) in [7, 11) is 0. The molecule has 1 fully saturated rings. The topological polar surface area (TPSA) is 60.5 Å². The Morgan fingerprint density at radius 1 is 0.784 bits per heavy atom. The molecule has 7 nitrogen and oxygen atoms in total. The van der Waals surface area contributed by atoms with Gasteiger partial charge in [0.05, 0.1) is 39.0 Å². The van der Waals surface area contributed by atoms with Crippen molar-refractivity contribution in [3.05, 3.63) is 47.0 Å². The number of carbonyl (C=O) groups excluding carboxylic acids is 1. The number of likely N-dealkylation sites (tertiary alicyclic amines) is 1. The molecule has 202 valence electrons. The zero-order chi connectivity index (χ0) is 26.2. The maximum atomic E-state index is 13.6. The van der Waals surface area contributed by atoms with Crippen LogP contribution >= 0.6 is 0 Å². The minimum Gasteiger partial charge on any atom is -0.490 e. The standard InChI is InChI=1S/C30H42N2O5/c1-5-34-26-12-11-22(18-27(26)35-6-2)17-25-24-20-29(37-8-4)28(36-7-3)19-23(24)13-16-32(25)30(33)21-31-14-9-10-15-31/h11-12,18-20,25H,5-10,13-17,21H2,1-4H3/t25-/m1/s1. The van der Waals surface area contributed by atoms with E-state index in [1.807, 2.05) is 33.8 Å². The van der Waals surface area contributed by atoms with Crippen LogP contribution in [0.5, 0.6) is 23.0 Å². The Hall–Kier alpha value is -2.93. The highest BCUT2D eigenvalue weighted by molar-refractivity contribution is 5.79. The fourth-order valence-electron chi connectivity index (χ4n) is 5.43. The zero-order valence-corrected chi connectivity index (χ0v) is 22.9. The Bertz CT molecular complexity index is 1050. The van der Waals surface area contributed by atoms with Crippen LogP contribution in [0.15, 0.2) is 30.3 Å². The molecule has 0 bridgehead atoms. The molecule has 37 heavy (non-hydrogen) atoms. The zero-order valence-electron chi connectivity index (χ0n) is 22.9. The van der Waals surface area contributed by atoms with Gasteiger partial charge in [0.2, 0.25) is 5.91 Å². The molecule has 1 amide bonds. The van der Waals surface area contributed by atoms with Crippen molar-refractivity contribution in [3.8, 4) is 23.0 Å². The van der Waals surface area contributed by atoms with Gasteiger partial charge in [0.1, 0.15) is 0 Å². The number of amides is 1. The van der Waals surface area contributed by atoms with Gasteiger partial charge in [-0.25, -0.2) is 0 Å². The molecule has 4 rings (SSSR count). The van der Waals surface area contributed by atoms with Gasteiger partial charge in [-0.15, -0.1) is 0 Å². The molecule has 0 radical (unpaired) electrons. The highest BCUT2D eigenvalue weighted by Crippen LogP contribution is 2.41. The normalized spacial score (nSPS) is 17.4. The van der Waals surface area contributed by atoms with Crippen LogP contribution in [0.2, 0.25) is 0 Å². The van der Waals surface area contributed by atoms with E-state index < -0.39 is 0 Å². The van der Waals surface area contributed by atoms with E-state index in [2.05, 4.69) is 34.1 Å². The summed E-state index contributed by atoms with van der Waals surface area (Å²) in [5.41, 5.74) is 3.47. The molecule has 0 aromatic heterocycles. The summed E-state index contributed by atoms with van der Waals surface area (Å²) in [6, 6.07) is 10.2. The lowest BCUT2D eigenvalue weighted by atomic mass is 9.88. The van der Waals surface area contributed by atoms with Gasteiger partial charge in [0.15, 0.2) is 23.0 Å². The van der Waals surface area contributed by atoms with Crippen LogP contribution in [-0.2, 0) is 17.6 Å². The van der Waals surface area contributed by atoms with Gasteiger partial charge in [0.25, 0.3) is 0 Å². The van der Waals surface area contributed by atoms with E-state index in [-0.39, 0.29) is 11.9 Å². The first-order chi connectivity index (χ1) is 18.1. The Labute approximate surface area is 221 Å². The number of fused-ring (bicyclic) bond motifs is 1. The molecule has 0 saturated carbocycles. The van der Waals surface area contributed by atoms with E-state index in [1.165, 1.54) is 18.4 Å². The van der Waals surface area contributed by atoms with Gasteiger partial charge < -0.3 is 23.8 Å². The quantitative estimate of drug-likeness (QED) is 0.399. The highest BCUT2D eigenvalue weighted by Gasteiger charge is 2.33. The Morgan fingerprint density at radius 3 is 2.03 bits per heavy atom. The average Bonchev–Trinajstić information content (AvgIpc) is 3.40. The number of nitrogens with zero attached hydrogens (tertiary/aromatic N) is 2. The molecule has 2 heterocycles. The number of benzene rings is 2. The summed E-state index contributed by atoms with van der Waals surface area (Å²) in [5, 5.41) is 0. The second kappa shape index (κ2) is 13.0. The predicted molar refractivity (Wildman–Crippen MR) is 145 cm³/mol. The molecule has 1 atom stereocenters. The van der Waals surface area contributed by atoms with Gasteiger partial charge in [-0.2, -0.15) is 0 Å². The molecular weight excluding hydrogens is 468 g/mol. The van der Waals surface area contributed by atoms with E-state index in [1.54, 1.807) is 0 Å². The lowest BCUT2D eigenvalue weighted by molar-refractivity contribution is -0.135. The lowest BCUT2D eigenvalue weighted by Crippen LogP contribution is -2.45. The molecule has 0 aliphatic carbocycles. The molecule has 0 N–H and O–H groups in total. The SMILES string of the molecule is CCOc1ccc(C[C@@H]2c3cc(OCC)c(OCC)cc3CCN2C(=O)CN2CCCC2)cc1OCC. The van der Waals surface area contributed by atoms with E-state index in [4.69, 9.17) is 18.9 Å². The minimum absolute atomic E-state index is 0.0962. The first kappa shape index (κ1) is 27.1. The third-order valence-electron chi connectivity index (χ3n) is 7.08. The Balaban J connectivity index is 1.70. The van der Waals surface area contributed by atoms with Crippen molar-refractivity contribution >= 4 is 5.91 Å². The van der Waals surface area contributed by atoms with Gasteiger partial charge in [-0.05, 0) is 107 Å². The van der Waals surface area contributed by atoms with Crippen molar-refractivity contribution in [2.45, 2.75) is 59.4 Å². The summed E-state index contributed by atoms with van der Waals surface area (Å²) < 4.78 is 23.6. The Kier molecular flexibility index (Phi) is 9.56. The van der Waals surface area contributed by atoms with Crippen molar-refractivity contribution in [3.63, 3.8) is 0 Å². The fraction of sp³-hybridized carbons (Fsp3) is 0.567. The Morgan fingerprint density at radius 2 is 1.38 bits per heavy atom. The molecule has 2 aliphatic heterocycles. The van der Waals surface area contributed by atoms with E-state index in [9.17, 15) is 4.79 Å². The van der Waals surface area contributed by atoms with Crippen LogP contribution in [0.4, 0.5) is 0 Å². The van der Waals surface area contributed by atoms with Gasteiger partial charge in [-0.3, -0.25) is 9.69 Å². The third-order valence-corrected chi connectivity index (χ3v) is 7.08. The van der Waals surface area contributed by atoms with Crippen LogP contribution in [0, 0.1) is 0 Å².